The summed E-state index contributed by atoms with van der Waals surface area (Å²) in [7, 11) is 0. The van der Waals surface area contributed by atoms with Crippen molar-refractivity contribution >= 4 is 23.2 Å². The third-order valence-electron chi connectivity index (χ3n) is 3.32. The van der Waals surface area contributed by atoms with Gasteiger partial charge in [-0.3, -0.25) is 0 Å². The van der Waals surface area contributed by atoms with Gasteiger partial charge in [-0.25, -0.2) is 0 Å². The van der Waals surface area contributed by atoms with Crippen LogP contribution in [0.1, 0.15) is 37.9 Å². The Morgan fingerprint density at radius 1 is 1.00 bits per heavy atom. The summed E-state index contributed by atoms with van der Waals surface area (Å²) in [6.07, 6.45) is 0.0390. The lowest BCUT2D eigenvalue weighted by Gasteiger charge is -2.17. The smallest absolute Gasteiger partial charge is 0.156 e. The molecule has 0 aliphatic heterocycles. The van der Waals surface area contributed by atoms with Gasteiger partial charge in [-0.1, -0.05) is 53.5 Å². The summed E-state index contributed by atoms with van der Waals surface area (Å²) >= 11 is 12.5. The molecule has 0 aliphatic rings. The zero-order valence-corrected chi connectivity index (χ0v) is 14.6. The van der Waals surface area contributed by atoms with E-state index in [1.807, 2.05) is 44.2 Å². The fourth-order valence-electron chi connectivity index (χ4n) is 2.19. The molecule has 4 heteroatoms. The molecule has 2 nitrogen and oxygen atoms in total. The summed E-state index contributed by atoms with van der Waals surface area (Å²) in [6.45, 7) is 6.72. The van der Waals surface area contributed by atoms with Crippen molar-refractivity contribution in [2.45, 2.75) is 39.5 Å². The first kappa shape index (κ1) is 17.1. The van der Waals surface area contributed by atoms with Gasteiger partial charge in [0.05, 0.1) is 16.1 Å². The van der Waals surface area contributed by atoms with Gasteiger partial charge in [0.25, 0.3) is 0 Å². The number of halogens is 2. The minimum Gasteiger partial charge on any atom is -0.488 e. The van der Waals surface area contributed by atoms with Crippen LogP contribution in [0.25, 0.3) is 0 Å². The van der Waals surface area contributed by atoms with E-state index in [4.69, 9.17) is 27.9 Å². The van der Waals surface area contributed by atoms with E-state index in [1.54, 1.807) is 0 Å². The van der Waals surface area contributed by atoms with Crippen molar-refractivity contribution in [2.24, 2.45) is 0 Å². The molecule has 2 aromatic rings. The maximum Gasteiger partial charge on any atom is 0.156 e. The second-order valence-corrected chi connectivity index (χ2v) is 6.38. The Bertz CT molecular complexity index is 591. The van der Waals surface area contributed by atoms with E-state index in [2.05, 4.69) is 24.4 Å². The lowest BCUT2D eigenvalue weighted by Crippen LogP contribution is -2.18. The third-order valence-corrected chi connectivity index (χ3v) is 3.89. The van der Waals surface area contributed by atoms with Crippen LogP contribution in [0.15, 0.2) is 42.5 Å². The van der Waals surface area contributed by atoms with Gasteiger partial charge in [-0.05, 0) is 44.0 Å². The van der Waals surface area contributed by atoms with E-state index >= 15 is 0 Å². The molecule has 0 bridgehead atoms. The molecule has 2 aromatic carbocycles. The number of ether oxygens (including phenoxy) is 1. The van der Waals surface area contributed by atoms with Crippen LogP contribution in [-0.4, -0.2) is 6.10 Å². The summed E-state index contributed by atoms with van der Waals surface area (Å²) in [6, 6.07) is 14.4. The molecular weight excluding hydrogens is 317 g/mol. The molecule has 0 unspecified atom stereocenters. The summed E-state index contributed by atoms with van der Waals surface area (Å²) in [5.41, 5.74) is 2.29. The monoisotopic (exact) mass is 337 g/mol. The fourth-order valence-corrected chi connectivity index (χ4v) is 2.81. The van der Waals surface area contributed by atoms with E-state index in [0.29, 0.717) is 22.3 Å². The van der Waals surface area contributed by atoms with E-state index in [9.17, 15) is 0 Å². The maximum atomic E-state index is 6.27. The first-order valence-corrected chi connectivity index (χ1v) is 8.16. The van der Waals surface area contributed by atoms with Crippen molar-refractivity contribution in [3.05, 3.63) is 63.6 Å². The third kappa shape index (κ3) is 4.64. The van der Waals surface area contributed by atoms with E-state index < -0.39 is 0 Å². The maximum absolute atomic E-state index is 6.27. The van der Waals surface area contributed by atoms with Crippen LogP contribution >= 0.6 is 23.2 Å². The Morgan fingerprint density at radius 3 is 2.14 bits per heavy atom. The minimum atomic E-state index is 0.0390. The predicted octanol–water partition coefficient (Wildman–Crippen LogP) is 5.63. The van der Waals surface area contributed by atoms with Gasteiger partial charge in [-0.2, -0.15) is 0 Å². The molecule has 1 atom stereocenters. The molecular formula is C18H21Cl2NO. The Labute approximate surface area is 142 Å². The summed E-state index contributed by atoms with van der Waals surface area (Å²) < 4.78 is 5.64. The van der Waals surface area contributed by atoms with Gasteiger partial charge in [0.2, 0.25) is 0 Å². The van der Waals surface area contributed by atoms with Gasteiger partial charge in [0.15, 0.2) is 5.75 Å². The summed E-state index contributed by atoms with van der Waals surface area (Å²) in [5.74, 6) is 0.554. The fraction of sp³-hybridized carbons (Fsp3) is 0.333. The predicted molar refractivity (Wildman–Crippen MR) is 93.9 cm³/mol. The van der Waals surface area contributed by atoms with Gasteiger partial charge in [0.1, 0.15) is 0 Å². The molecule has 0 spiro atoms. The second-order valence-electron chi connectivity index (χ2n) is 5.57. The van der Waals surface area contributed by atoms with E-state index in [1.165, 1.54) is 5.56 Å². The Morgan fingerprint density at radius 2 is 1.59 bits per heavy atom. The SMILES string of the molecule is CC(C)Oc1c(Cl)cc(CN[C@H](C)c2ccccc2)cc1Cl. The molecule has 2 rings (SSSR count). The number of benzene rings is 2. The van der Waals surface area contributed by atoms with Crippen LogP contribution < -0.4 is 10.1 Å². The zero-order chi connectivity index (χ0) is 16.1. The van der Waals surface area contributed by atoms with Crippen LogP contribution in [0.4, 0.5) is 0 Å². The highest BCUT2D eigenvalue weighted by molar-refractivity contribution is 6.37. The van der Waals surface area contributed by atoms with Crippen molar-refractivity contribution in [3.63, 3.8) is 0 Å². The van der Waals surface area contributed by atoms with Gasteiger partial charge < -0.3 is 10.1 Å². The molecule has 0 amide bonds. The number of rotatable bonds is 6. The Balaban J connectivity index is 2.05. The van der Waals surface area contributed by atoms with Crippen LogP contribution in [0.5, 0.6) is 5.75 Å². The van der Waals surface area contributed by atoms with Crippen LogP contribution in [0, 0.1) is 0 Å². The summed E-state index contributed by atoms with van der Waals surface area (Å²) in [4.78, 5) is 0. The van der Waals surface area contributed by atoms with Crippen molar-refractivity contribution in [1.82, 2.24) is 5.32 Å². The first-order valence-electron chi connectivity index (χ1n) is 7.40. The standard InChI is InChI=1S/C18H21Cl2NO/c1-12(2)22-18-16(19)9-14(10-17(18)20)11-21-13(3)15-7-5-4-6-8-15/h4-10,12-13,21H,11H2,1-3H3/t13-/m1/s1. The number of nitrogens with one attached hydrogen (secondary N) is 1. The molecule has 0 radical (unpaired) electrons. The van der Waals surface area contributed by atoms with E-state index in [0.717, 1.165) is 5.56 Å². The molecule has 22 heavy (non-hydrogen) atoms. The zero-order valence-electron chi connectivity index (χ0n) is 13.1. The van der Waals surface area contributed by atoms with Crippen LogP contribution in [0.3, 0.4) is 0 Å². The molecule has 118 valence electrons. The molecule has 0 heterocycles. The quantitative estimate of drug-likeness (QED) is 0.737. The highest BCUT2D eigenvalue weighted by Gasteiger charge is 2.12. The molecule has 0 saturated carbocycles. The molecule has 0 saturated heterocycles. The topological polar surface area (TPSA) is 21.3 Å². The van der Waals surface area contributed by atoms with Gasteiger partial charge in [0, 0.05) is 12.6 Å². The average molecular weight is 338 g/mol. The van der Waals surface area contributed by atoms with Crippen molar-refractivity contribution in [1.29, 1.82) is 0 Å². The molecule has 0 aromatic heterocycles. The lowest BCUT2D eigenvalue weighted by molar-refractivity contribution is 0.242. The van der Waals surface area contributed by atoms with Crippen LogP contribution in [0.2, 0.25) is 10.0 Å². The van der Waals surface area contributed by atoms with E-state index in [-0.39, 0.29) is 12.1 Å². The number of hydrogen-bond acceptors (Lipinski definition) is 2. The Hall–Kier alpha value is -1.22. The first-order chi connectivity index (χ1) is 10.5. The van der Waals surface area contributed by atoms with Gasteiger partial charge >= 0.3 is 0 Å². The van der Waals surface area contributed by atoms with Crippen molar-refractivity contribution < 1.29 is 4.74 Å². The minimum absolute atomic E-state index is 0.0390. The average Bonchev–Trinajstić information content (AvgIpc) is 2.49. The van der Waals surface area contributed by atoms with Crippen molar-refractivity contribution in [2.75, 3.05) is 0 Å². The highest BCUT2D eigenvalue weighted by atomic mass is 35.5. The molecule has 1 N–H and O–H groups in total. The number of hydrogen-bond donors (Lipinski definition) is 1. The second kappa shape index (κ2) is 7.87. The van der Waals surface area contributed by atoms with Gasteiger partial charge in [-0.15, -0.1) is 0 Å². The Kier molecular flexibility index (Phi) is 6.13. The lowest BCUT2D eigenvalue weighted by atomic mass is 10.1. The largest absolute Gasteiger partial charge is 0.488 e. The highest BCUT2D eigenvalue weighted by Crippen LogP contribution is 2.35. The summed E-state index contributed by atoms with van der Waals surface area (Å²) in [5, 5.41) is 4.57. The normalized spacial score (nSPS) is 12.5. The molecule has 0 fully saturated rings. The molecule has 0 aliphatic carbocycles. The van der Waals surface area contributed by atoms with Crippen LogP contribution in [-0.2, 0) is 6.54 Å². The van der Waals surface area contributed by atoms with Crippen molar-refractivity contribution in [3.8, 4) is 5.75 Å².